The Balaban J connectivity index is 3.53. The van der Waals surface area contributed by atoms with Gasteiger partial charge in [0, 0.05) is 0 Å². The summed E-state index contributed by atoms with van der Waals surface area (Å²) in [6.07, 6.45) is 0. The molecule has 0 unspecified atom stereocenters. The van der Waals surface area contributed by atoms with E-state index in [2.05, 4.69) is 0 Å². The SMILES string of the molecule is Cc1cc(N)c([C](=O)[Mo])c(C)c1C. The van der Waals surface area contributed by atoms with E-state index in [9.17, 15) is 4.79 Å². The zero-order valence-electron chi connectivity index (χ0n) is 7.97. The maximum atomic E-state index is 11.3. The van der Waals surface area contributed by atoms with Crippen LogP contribution >= 0.6 is 0 Å². The van der Waals surface area contributed by atoms with Gasteiger partial charge in [-0.3, -0.25) is 0 Å². The fraction of sp³-hybridized carbons (Fsp3) is 0.300. The van der Waals surface area contributed by atoms with Crippen LogP contribution in [0, 0.1) is 20.8 Å². The van der Waals surface area contributed by atoms with Gasteiger partial charge in [-0.2, -0.15) is 0 Å². The molecule has 0 heterocycles. The van der Waals surface area contributed by atoms with Gasteiger partial charge in [-0.05, 0) is 0 Å². The van der Waals surface area contributed by atoms with Gasteiger partial charge < -0.3 is 0 Å². The molecule has 2 N–H and O–H groups in total. The van der Waals surface area contributed by atoms with E-state index >= 15 is 0 Å². The van der Waals surface area contributed by atoms with Gasteiger partial charge in [0.25, 0.3) is 0 Å². The van der Waals surface area contributed by atoms with Gasteiger partial charge in [0.1, 0.15) is 0 Å². The second-order valence-electron chi connectivity index (χ2n) is 3.20. The first-order valence-corrected chi connectivity index (χ1v) is 5.03. The Bertz CT molecular complexity index is 372. The normalized spacial score (nSPS) is 10.1. The number of carbonyl (C=O) groups excluding carboxylic acids is 1. The molecule has 0 fully saturated rings. The molecule has 3 heteroatoms. The van der Waals surface area contributed by atoms with E-state index in [1.165, 1.54) is 19.8 Å². The van der Waals surface area contributed by atoms with Crippen molar-refractivity contribution in [1.29, 1.82) is 0 Å². The Morgan fingerprint density at radius 1 is 1.31 bits per heavy atom. The van der Waals surface area contributed by atoms with Gasteiger partial charge in [0.05, 0.1) is 0 Å². The fourth-order valence-corrected chi connectivity index (χ4v) is 2.05. The Morgan fingerprint density at radius 2 is 1.85 bits per heavy atom. The van der Waals surface area contributed by atoms with Gasteiger partial charge in [0.2, 0.25) is 0 Å². The third-order valence-electron chi connectivity index (χ3n) is 2.39. The molecular weight excluding hydrogens is 246 g/mol. The summed E-state index contributed by atoms with van der Waals surface area (Å²) >= 11 is 1.48. The van der Waals surface area contributed by atoms with Crippen molar-refractivity contribution in [2.45, 2.75) is 20.8 Å². The zero-order valence-corrected chi connectivity index (χ0v) is 9.98. The topological polar surface area (TPSA) is 43.1 Å². The number of aryl methyl sites for hydroxylation is 1. The van der Waals surface area contributed by atoms with Gasteiger partial charge >= 0.3 is 89.3 Å². The molecule has 2 nitrogen and oxygen atoms in total. The molecule has 1 aromatic rings. The van der Waals surface area contributed by atoms with E-state index in [0.29, 0.717) is 11.3 Å². The van der Waals surface area contributed by atoms with Crippen LogP contribution in [-0.4, -0.2) is 4.17 Å². The molecule has 0 aliphatic carbocycles. The standard InChI is InChI=1S/C10H12NO.Mo/c1-6-4-10(11)9(5-12)8(3)7(6)2;/h4H,11H2,1-3H3;. The molecule has 0 aliphatic heterocycles. The van der Waals surface area contributed by atoms with E-state index in [1.54, 1.807) is 0 Å². The summed E-state index contributed by atoms with van der Waals surface area (Å²) in [6, 6.07) is 1.86. The number of carbonyl (C=O) groups is 1. The van der Waals surface area contributed by atoms with Gasteiger partial charge in [-0.1, -0.05) is 0 Å². The summed E-state index contributed by atoms with van der Waals surface area (Å²) in [6.45, 7) is 5.96. The summed E-state index contributed by atoms with van der Waals surface area (Å²) in [5.41, 5.74) is 10.3. The number of nitrogens with two attached hydrogens (primary N) is 1. The predicted molar refractivity (Wildman–Crippen MR) is 49.4 cm³/mol. The van der Waals surface area contributed by atoms with Crippen molar-refractivity contribution in [1.82, 2.24) is 0 Å². The van der Waals surface area contributed by atoms with Crippen LogP contribution < -0.4 is 5.73 Å². The molecule has 69 valence electrons. The molecule has 0 saturated carbocycles. The number of benzene rings is 1. The van der Waals surface area contributed by atoms with E-state index in [-0.39, 0.29) is 4.17 Å². The number of hydrogen-bond donors (Lipinski definition) is 1. The predicted octanol–water partition coefficient (Wildman–Crippen LogP) is 1.88. The molecular formula is C10H12MoNO. The second kappa shape index (κ2) is 3.63. The minimum absolute atomic E-state index is 0.0499. The molecule has 0 atom stereocenters. The summed E-state index contributed by atoms with van der Waals surface area (Å²) in [4.78, 5) is 11.3. The van der Waals surface area contributed by atoms with Gasteiger partial charge in [0.15, 0.2) is 0 Å². The molecule has 0 saturated heterocycles. The van der Waals surface area contributed by atoms with Gasteiger partial charge in [-0.25, -0.2) is 0 Å². The summed E-state index contributed by atoms with van der Waals surface area (Å²) < 4.78 is 0.0499. The molecule has 13 heavy (non-hydrogen) atoms. The van der Waals surface area contributed by atoms with E-state index < -0.39 is 0 Å². The van der Waals surface area contributed by atoms with Crippen LogP contribution in [0.1, 0.15) is 27.0 Å². The number of nitrogen functional groups attached to an aromatic ring is 1. The molecule has 1 rings (SSSR count). The van der Waals surface area contributed by atoms with Crippen molar-refractivity contribution in [2.24, 2.45) is 0 Å². The zero-order chi connectivity index (χ0) is 10.2. The van der Waals surface area contributed by atoms with Crippen LogP contribution in [0.4, 0.5) is 5.69 Å². The fourth-order valence-electron chi connectivity index (χ4n) is 1.38. The molecule has 1 aromatic carbocycles. The first kappa shape index (κ1) is 10.5. The molecule has 0 spiro atoms. The van der Waals surface area contributed by atoms with Crippen molar-refractivity contribution < 1.29 is 24.6 Å². The summed E-state index contributed by atoms with van der Waals surface area (Å²) in [7, 11) is 0. The van der Waals surface area contributed by atoms with Crippen molar-refractivity contribution in [3.63, 3.8) is 0 Å². The molecule has 0 bridgehead atoms. The summed E-state index contributed by atoms with van der Waals surface area (Å²) in [5.74, 6) is 0. The van der Waals surface area contributed by atoms with Crippen LogP contribution in [0.3, 0.4) is 0 Å². The van der Waals surface area contributed by atoms with E-state index in [1.807, 2.05) is 26.8 Å². The first-order valence-electron chi connectivity index (χ1n) is 4.02. The number of rotatable bonds is 1. The van der Waals surface area contributed by atoms with E-state index in [0.717, 1.165) is 16.7 Å². The Kier molecular flexibility index (Phi) is 2.92. The van der Waals surface area contributed by atoms with Crippen LogP contribution in [0.2, 0.25) is 0 Å². The number of anilines is 1. The Labute approximate surface area is 89.4 Å². The average Bonchev–Trinajstić information content (AvgIpc) is 1.99. The molecule has 0 aliphatic rings. The summed E-state index contributed by atoms with van der Waals surface area (Å²) in [5, 5.41) is 0. The Hall–Kier alpha value is -0.622. The average molecular weight is 258 g/mol. The molecule has 0 aromatic heterocycles. The van der Waals surface area contributed by atoms with E-state index in [4.69, 9.17) is 5.73 Å². The molecule has 0 radical (unpaired) electrons. The third-order valence-corrected chi connectivity index (χ3v) is 2.90. The van der Waals surface area contributed by atoms with Crippen molar-refractivity contribution >= 4 is 9.86 Å². The third kappa shape index (κ3) is 1.83. The van der Waals surface area contributed by atoms with Crippen molar-refractivity contribution in [2.75, 3.05) is 5.73 Å². The quantitative estimate of drug-likeness (QED) is 0.617. The van der Waals surface area contributed by atoms with Crippen molar-refractivity contribution in [3.8, 4) is 0 Å². The minimum atomic E-state index is 0.0499. The van der Waals surface area contributed by atoms with Crippen molar-refractivity contribution in [3.05, 3.63) is 28.3 Å². The number of hydrogen-bond acceptors (Lipinski definition) is 2. The maximum absolute atomic E-state index is 11.3. The monoisotopic (exact) mass is 260 g/mol. The van der Waals surface area contributed by atoms with Crippen LogP contribution in [0.25, 0.3) is 0 Å². The second-order valence-corrected chi connectivity index (χ2v) is 4.11. The van der Waals surface area contributed by atoms with Crippen LogP contribution in [0.5, 0.6) is 0 Å². The first-order chi connectivity index (χ1) is 5.95. The molecule has 0 amide bonds. The Morgan fingerprint density at radius 3 is 2.31 bits per heavy atom. The van der Waals surface area contributed by atoms with Gasteiger partial charge in [-0.15, -0.1) is 0 Å². The van der Waals surface area contributed by atoms with Crippen LogP contribution in [-0.2, 0) is 19.8 Å². The van der Waals surface area contributed by atoms with Crippen LogP contribution in [0.15, 0.2) is 6.07 Å².